The van der Waals surface area contributed by atoms with Crippen molar-refractivity contribution in [2.24, 2.45) is 0 Å². The zero-order valence-corrected chi connectivity index (χ0v) is 7.16. The van der Waals surface area contributed by atoms with E-state index in [1.165, 1.54) is 6.08 Å². The average Bonchev–Trinajstić information content (AvgIpc) is 2.02. The van der Waals surface area contributed by atoms with Crippen LogP contribution in [0.15, 0.2) is 11.6 Å². The van der Waals surface area contributed by atoms with Crippen molar-refractivity contribution in [3.8, 4) is 0 Å². The van der Waals surface area contributed by atoms with Gasteiger partial charge in [0.05, 0.1) is 6.42 Å². The van der Waals surface area contributed by atoms with Crippen molar-refractivity contribution in [3.63, 3.8) is 0 Å². The van der Waals surface area contributed by atoms with Crippen LogP contribution in [0.1, 0.15) is 32.1 Å². The normalized spacial score (nSPS) is 19.0. The molecule has 1 saturated carbocycles. The van der Waals surface area contributed by atoms with E-state index in [1.54, 1.807) is 0 Å². The van der Waals surface area contributed by atoms with E-state index in [9.17, 15) is 18.0 Å². The summed E-state index contributed by atoms with van der Waals surface area (Å²) >= 11 is 0. The zero-order chi connectivity index (χ0) is 9.90. The van der Waals surface area contributed by atoms with Crippen LogP contribution in [0.2, 0.25) is 0 Å². The maximum Gasteiger partial charge on any atom is 0.392 e. The van der Waals surface area contributed by atoms with Gasteiger partial charge in [-0.25, -0.2) is 0 Å². The van der Waals surface area contributed by atoms with E-state index in [4.69, 9.17) is 0 Å². The van der Waals surface area contributed by atoms with E-state index in [-0.39, 0.29) is 5.78 Å². The van der Waals surface area contributed by atoms with Crippen LogP contribution in [0.5, 0.6) is 0 Å². The maximum absolute atomic E-state index is 11.8. The summed E-state index contributed by atoms with van der Waals surface area (Å²) in [6.45, 7) is 0. The van der Waals surface area contributed by atoms with Gasteiger partial charge in [-0.1, -0.05) is 11.6 Å². The lowest BCUT2D eigenvalue weighted by Gasteiger charge is -2.13. The largest absolute Gasteiger partial charge is 0.392 e. The van der Waals surface area contributed by atoms with Crippen molar-refractivity contribution >= 4 is 5.78 Å². The van der Waals surface area contributed by atoms with Gasteiger partial charge in [0.1, 0.15) is 5.78 Å². The molecule has 0 aromatic carbocycles. The van der Waals surface area contributed by atoms with E-state index < -0.39 is 12.6 Å². The minimum atomic E-state index is -4.12. The van der Waals surface area contributed by atoms with Gasteiger partial charge in [0, 0.05) is 12.8 Å². The first-order valence-electron chi connectivity index (χ1n) is 4.24. The number of hydrogen-bond donors (Lipinski definition) is 0. The highest BCUT2D eigenvalue weighted by molar-refractivity contribution is 5.80. The molecule has 0 saturated heterocycles. The Balaban J connectivity index is 2.40. The summed E-state index contributed by atoms with van der Waals surface area (Å²) in [6, 6.07) is 0. The molecule has 1 nitrogen and oxygen atoms in total. The first-order chi connectivity index (χ1) is 5.97. The van der Waals surface area contributed by atoms with Gasteiger partial charge in [-0.15, -0.1) is 0 Å². The molecule has 0 radical (unpaired) electrons. The summed E-state index contributed by atoms with van der Waals surface area (Å²) in [6.07, 6.45) is -1.94. The Kier molecular flexibility index (Phi) is 3.12. The van der Waals surface area contributed by atoms with Crippen molar-refractivity contribution < 1.29 is 18.0 Å². The second-order valence-corrected chi connectivity index (χ2v) is 3.22. The topological polar surface area (TPSA) is 17.1 Å². The van der Waals surface area contributed by atoms with E-state index >= 15 is 0 Å². The van der Waals surface area contributed by atoms with E-state index in [1.807, 2.05) is 0 Å². The SMILES string of the molecule is O=C1CCC(=CCC(F)(F)F)CC1. The predicted molar refractivity (Wildman–Crippen MR) is 42.2 cm³/mol. The third-order valence-corrected chi connectivity index (χ3v) is 2.07. The molecule has 0 atom stereocenters. The molecule has 0 unspecified atom stereocenters. The number of carbonyl (C=O) groups excluding carboxylic acids is 1. The molecule has 1 aliphatic rings. The van der Waals surface area contributed by atoms with Crippen LogP contribution in [0, 0.1) is 0 Å². The van der Waals surface area contributed by atoms with Crippen molar-refractivity contribution in [2.45, 2.75) is 38.3 Å². The van der Waals surface area contributed by atoms with Gasteiger partial charge in [0.2, 0.25) is 0 Å². The molecule has 13 heavy (non-hydrogen) atoms. The zero-order valence-electron chi connectivity index (χ0n) is 7.16. The molecule has 0 spiro atoms. The van der Waals surface area contributed by atoms with Crippen molar-refractivity contribution in [2.75, 3.05) is 0 Å². The van der Waals surface area contributed by atoms with Crippen LogP contribution in [-0.2, 0) is 4.79 Å². The molecular weight excluding hydrogens is 181 g/mol. The molecule has 0 bridgehead atoms. The second-order valence-electron chi connectivity index (χ2n) is 3.22. The number of hydrogen-bond acceptors (Lipinski definition) is 1. The smallest absolute Gasteiger partial charge is 0.300 e. The summed E-state index contributed by atoms with van der Waals surface area (Å²) in [5.41, 5.74) is 0.775. The van der Waals surface area contributed by atoms with E-state index in [0.29, 0.717) is 25.7 Å². The van der Waals surface area contributed by atoms with E-state index in [2.05, 4.69) is 0 Å². The molecule has 1 rings (SSSR count). The lowest BCUT2D eigenvalue weighted by molar-refractivity contribution is -0.125. The van der Waals surface area contributed by atoms with Gasteiger partial charge in [-0.2, -0.15) is 13.2 Å². The minimum absolute atomic E-state index is 0.157. The van der Waals surface area contributed by atoms with Gasteiger partial charge >= 0.3 is 6.18 Å². The third kappa shape index (κ3) is 4.10. The Hall–Kier alpha value is -0.800. The fraction of sp³-hybridized carbons (Fsp3) is 0.667. The van der Waals surface area contributed by atoms with Gasteiger partial charge in [0.25, 0.3) is 0 Å². The van der Waals surface area contributed by atoms with Crippen molar-refractivity contribution in [1.29, 1.82) is 0 Å². The quantitative estimate of drug-likeness (QED) is 0.583. The second kappa shape index (κ2) is 3.94. The van der Waals surface area contributed by atoms with E-state index in [0.717, 1.165) is 5.57 Å². The van der Waals surface area contributed by atoms with Crippen LogP contribution < -0.4 is 0 Å². The average molecular weight is 192 g/mol. The number of alkyl halides is 3. The van der Waals surface area contributed by atoms with Gasteiger partial charge in [-0.05, 0) is 12.8 Å². The highest BCUT2D eigenvalue weighted by Gasteiger charge is 2.25. The van der Waals surface area contributed by atoms with Crippen LogP contribution >= 0.6 is 0 Å². The van der Waals surface area contributed by atoms with Crippen molar-refractivity contribution in [3.05, 3.63) is 11.6 Å². The van der Waals surface area contributed by atoms with Crippen LogP contribution in [0.25, 0.3) is 0 Å². The molecule has 74 valence electrons. The molecular formula is C9H11F3O. The molecule has 0 heterocycles. The Morgan fingerprint density at radius 3 is 2.15 bits per heavy atom. The Morgan fingerprint density at radius 2 is 1.69 bits per heavy atom. The summed E-state index contributed by atoms with van der Waals surface area (Å²) in [7, 11) is 0. The number of allylic oxidation sites excluding steroid dienone is 2. The van der Waals surface area contributed by atoms with Crippen molar-refractivity contribution in [1.82, 2.24) is 0 Å². The van der Waals surface area contributed by atoms with Crippen LogP contribution in [-0.4, -0.2) is 12.0 Å². The minimum Gasteiger partial charge on any atom is -0.300 e. The van der Waals surface area contributed by atoms with Crippen LogP contribution in [0.4, 0.5) is 13.2 Å². The molecule has 1 aliphatic carbocycles. The van der Waals surface area contributed by atoms with Gasteiger partial charge < -0.3 is 0 Å². The number of ketones is 1. The number of Topliss-reactive ketones (excluding diaryl/α,β-unsaturated/α-hetero) is 1. The Morgan fingerprint density at radius 1 is 1.15 bits per heavy atom. The summed E-state index contributed by atoms with van der Waals surface area (Å²) in [5, 5.41) is 0. The van der Waals surface area contributed by atoms with Crippen LogP contribution in [0.3, 0.4) is 0 Å². The fourth-order valence-corrected chi connectivity index (χ4v) is 1.31. The summed E-state index contributed by atoms with van der Waals surface area (Å²) < 4.78 is 35.3. The number of carbonyl (C=O) groups is 1. The molecule has 4 heteroatoms. The highest BCUT2D eigenvalue weighted by Crippen LogP contribution is 2.25. The molecule has 0 amide bonds. The first-order valence-corrected chi connectivity index (χ1v) is 4.24. The number of rotatable bonds is 1. The molecule has 0 N–H and O–H groups in total. The molecule has 0 aliphatic heterocycles. The summed E-state index contributed by atoms with van der Waals surface area (Å²) in [4.78, 5) is 10.8. The lowest BCUT2D eigenvalue weighted by Crippen LogP contribution is -2.09. The Bertz CT molecular complexity index is 216. The van der Waals surface area contributed by atoms with Gasteiger partial charge in [-0.3, -0.25) is 4.79 Å². The maximum atomic E-state index is 11.8. The van der Waals surface area contributed by atoms with Gasteiger partial charge in [0.15, 0.2) is 0 Å². The predicted octanol–water partition coefficient (Wildman–Crippen LogP) is 3.01. The third-order valence-electron chi connectivity index (χ3n) is 2.07. The first kappa shape index (κ1) is 10.3. The summed E-state index contributed by atoms with van der Waals surface area (Å²) in [5.74, 6) is 0.157. The number of halogens is 3. The lowest BCUT2D eigenvalue weighted by atomic mass is 9.93. The standard InChI is InChI=1S/C9H11F3O/c10-9(11,12)6-5-7-1-3-8(13)4-2-7/h5H,1-4,6H2. The molecule has 0 aromatic rings. The monoisotopic (exact) mass is 192 g/mol. The molecule has 1 fully saturated rings. The Labute approximate surface area is 74.6 Å². The molecule has 0 aromatic heterocycles. The highest BCUT2D eigenvalue weighted by atomic mass is 19.4. The fourth-order valence-electron chi connectivity index (χ4n) is 1.31.